The maximum Gasteiger partial charge on any atom is 0.227 e. The summed E-state index contributed by atoms with van der Waals surface area (Å²) in [5.41, 5.74) is 3.80. The summed E-state index contributed by atoms with van der Waals surface area (Å²) < 4.78 is 10.9. The molecule has 0 amide bonds. The average molecular weight is 318 g/mol. The number of benzene rings is 2. The monoisotopic (exact) mass is 317 g/mol. The van der Waals surface area contributed by atoms with Crippen LogP contribution >= 0.6 is 15.9 Å². The quantitative estimate of drug-likeness (QED) is 0.672. The number of oxazole rings is 1. The van der Waals surface area contributed by atoms with Crippen LogP contribution in [0.1, 0.15) is 5.56 Å². The summed E-state index contributed by atoms with van der Waals surface area (Å²) >= 11 is 3.44. The van der Waals surface area contributed by atoms with Gasteiger partial charge in [0.2, 0.25) is 5.89 Å². The van der Waals surface area contributed by atoms with E-state index in [1.54, 1.807) is 7.11 Å². The Kier molecular flexibility index (Phi) is 3.25. The number of alkyl halides is 1. The van der Waals surface area contributed by atoms with Crippen LogP contribution in [0.15, 0.2) is 46.9 Å². The van der Waals surface area contributed by atoms with Crippen LogP contribution < -0.4 is 4.74 Å². The van der Waals surface area contributed by atoms with E-state index in [0.717, 1.165) is 27.7 Å². The first-order valence-electron chi connectivity index (χ1n) is 5.90. The van der Waals surface area contributed by atoms with Gasteiger partial charge in [-0.2, -0.15) is 0 Å². The van der Waals surface area contributed by atoms with Crippen molar-refractivity contribution in [2.24, 2.45) is 0 Å². The number of halogens is 1. The van der Waals surface area contributed by atoms with Gasteiger partial charge in [0.15, 0.2) is 5.58 Å². The minimum Gasteiger partial charge on any atom is -0.497 e. The van der Waals surface area contributed by atoms with Crippen LogP contribution in [0.3, 0.4) is 0 Å². The maximum atomic E-state index is 5.76. The second kappa shape index (κ2) is 5.05. The van der Waals surface area contributed by atoms with Crippen LogP contribution in [0.2, 0.25) is 0 Å². The zero-order chi connectivity index (χ0) is 13.2. The Bertz CT molecular complexity index is 704. The molecule has 0 fully saturated rings. The normalized spacial score (nSPS) is 10.8. The molecule has 0 aliphatic heterocycles. The second-order valence-corrected chi connectivity index (χ2v) is 4.74. The molecule has 1 aromatic heterocycles. The van der Waals surface area contributed by atoms with Gasteiger partial charge in [-0.3, -0.25) is 0 Å². The summed E-state index contributed by atoms with van der Waals surface area (Å²) in [7, 11) is 1.65. The third-order valence-corrected chi connectivity index (χ3v) is 3.59. The van der Waals surface area contributed by atoms with E-state index in [1.165, 1.54) is 5.56 Å². The third-order valence-electron chi connectivity index (χ3n) is 2.94. The highest BCUT2D eigenvalue weighted by Crippen LogP contribution is 2.26. The summed E-state index contributed by atoms with van der Waals surface area (Å²) in [6, 6.07) is 13.7. The molecule has 0 atom stereocenters. The van der Waals surface area contributed by atoms with Crippen molar-refractivity contribution in [3.8, 4) is 17.2 Å². The number of aromatic nitrogens is 1. The van der Waals surface area contributed by atoms with Crippen molar-refractivity contribution in [1.82, 2.24) is 4.98 Å². The molecule has 2 aromatic carbocycles. The average Bonchev–Trinajstić information content (AvgIpc) is 2.90. The van der Waals surface area contributed by atoms with Crippen molar-refractivity contribution in [1.29, 1.82) is 0 Å². The van der Waals surface area contributed by atoms with Gasteiger partial charge in [-0.05, 0) is 42.0 Å². The van der Waals surface area contributed by atoms with E-state index < -0.39 is 0 Å². The van der Waals surface area contributed by atoms with E-state index in [9.17, 15) is 0 Å². The number of nitrogens with zero attached hydrogens (tertiary/aromatic N) is 1. The summed E-state index contributed by atoms with van der Waals surface area (Å²) in [5.74, 6) is 1.45. The van der Waals surface area contributed by atoms with E-state index in [-0.39, 0.29) is 0 Å². The van der Waals surface area contributed by atoms with Crippen LogP contribution in [-0.4, -0.2) is 12.1 Å². The van der Waals surface area contributed by atoms with Gasteiger partial charge in [-0.25, -0.2) is 4.98 Å². The Hall–Kier alpha value is -1.81. The molecule has 0 radical (unpaired) electrons. The smallest absolute Gasteiger partial charge is 0.227 e. The van der Waals surface area contributed by atoms with Crippen molar-refractivity contribution in [2.45, 2.75) is 5.33 Å². The van der Waals surface area contributed by atoms with Crippen LogP contribution in [0.25, 0.3) is 22.6 Å². The Morgan fingerprint density at radius 3 is 2.63 bits per heavy atom. The highest BCUT2D eigenvalue weighted by molar-refractivity contribution is 9.08. The second-order valence-electron chi connectivity index (χ2n) is 4.18. The molecule has 3 aromatic rings. The minimum atomic E-state index is 0.629. The molecule has 96 valence electrons. The molecule has 3 nitrogen and oxygen atoms in total. The predicted molar refractivity (Wildman–Crippen MR) is 78.6 cm³/mol. The van der Waals surface area contributed by atoms with Gasteiger partial charge < -0.3 is 9.15 Å². The minimum absolute atomic E-state index is 0.629. The fourth-order valence-corrected chi connectivity index (χ4v) is 2.26. The van der Waals surface area contributed by atoms with Crippen molar-refractivity contribution in [3.05, 3.63) is 48.0 Å². The summed E-state index contributed by atoms with van der Waals surface area (Å²) in [6.07, 6.45) is 0. The molecular weight excluding hydrogens is 306 g/mol. The van der Waals surface area contributed by atoms with Crippen LogP contribution in [0.4, 0.5) is 0 Å². The molecular formula is C15H12BrNO2. The van der Waals surface area contributed by atoms with Gasteiger partial charge >= 0.3 is 0 Å². The molecule has 0 unspecified atom stereocenters. The standard InChI is InChI=1S/C15H12BrNO2/c1-18-12-5-3-11(4-6-12)15-17-13-8-10(9-16)2-7-14(13)19-15/h2-8H,9H2,1H3. The molecule has 0 spiro atoms. The Morgan fingerprint density at radius 1 is 1.16 bits per heavy atom. The van der Waals surface area contributed by atoms with Gasteiger partial charge in [0.05, 0.1) is 7.11 Å². The van der Waals surface area contributed by atoms with E-state index >= 15 is 0 Å². The highest BCUT2D eigenvalue weighted by atomic mass is 79.9. The first kappa shape index (κ1) is 12.2. The maximum absolute atomic E-state index is 5.76. The van der Waals surface area contributed by atoms with Crippen LogP contribution in [0.5, 0.6) is 5.75 Å². The van der Waals surface area contributed by atoms with E-state index in [4.69, 9.17) is 9.15 Å². The zero-order valence-electron chi connectivity index (χ0n) is 10.4. The fourth-order valence-electron chi connectivity index (χ4n) is 1.91. The first-order valence-corrected chi connectivity index (χ1v) is 7.02. The summed E-state index contributed by atoms with van der Waals surface area (Å²) in [5, 5.41) is 0.813. The number of ether oxygens (including phenoxy) is 1. The Morgan fingerprint density at radius 2 is 1.95 bits per heavy atom. The molecule has 0 saturated carbocycles. The molecule has 1 heterocycles. The summed E-state index contributed by atoms with van der Waals surface area (Å²) in [4.78, 5) is 4.52. The lowest BCUT2D eigenvalue weighted by atomic mass is 10.2. The lowest BCUT2D eigenvalue weighted by Gasteiger charge is -1.99. The zero-order valence-corrected chi connectivity index (χ0v) is 12.0. The fraction of sp³-hybridized carbons (Fsp3) is 0.133. The topological polar surface area (TPSA) is 35.3 Å². The number of hydrogen-bond donors (Lipinski definition) is 0. The molecule has 3 rings (SSSR count). The van der Waals surface area contributed by atoms with Gasteiger partial charge in [0.25, 0.3) is 0 Å². The molecule has 0 bridgehead atoms. The number of rotatable bonds is 3. The SMILES string of the molecule is COc1ccc(-c2nc3cc(CBr)ccc3o2)cc1. The van der Waals surface area contributed by atoms with E-state index in [1.807, 2.05) is 42.5 Å². The largest absolute Gasteiger partial charge is 0.497 e. The van der Waals surface area contributed by atoms with Crippen molar-refractivity contribution >= 4 is 27.0 Å². The third kappa shape index (κ3) is 2.36. The van der Waals surface area contributed by atoms with Gasteiger partial charge in [0.1, 0.15) is 11.3 Å². The lowest BCUT2D eigenvalue weighted by Crippen LogP contribution is -1.82. The van der Waals surface area contributed by atoms with Gasteiger partial charge in [-0.1, -0.05) is 22.0 Å². The molecule has 19 heavy (non-hydrogen) atoms. The van der Waals surface area contributed by atoms with Crippen molar-refractivity contribution < 1.29 is 9.15 Å². The molecule has 0 saturated heterocycles. The van der Waals surface area contributed by atoms with Crippen molar-refractivity contribution in [2.75, 3.05) is 7.11 Å². The summed E-state index contributed by atoms with van der Waals surface area (Å²) in [6.45, 7) is 0. The highest BCUT2D eigenvalue weighted by Gasteiger charge is 2.08. The molecule has 4 heteroatoms. The Balaban J connectivity index is 2.04. The van der Waals surface area contributed by atoms with Gasteiger partial charge in [-0.15, -0.1) is 0 Å². The molecule has 0 N–H and O–H groups in total. The Labute approximate surface area is 119 Å². The van der Waals surface area contributed by atoms with Gasteiger partial charge in [0, 0.05) is 10.9 Å². The van der Waals surface area contributed by atoms with Crippen LogP contribution in [0, 0.1) is 0 Å². The number of fused-ring (bicyclic) bond motifs is 1. The van der Waals surface area contributed by atoms with Crippen LogP contribution in [-0.2, 0) is 5.33 Å². The molecule has 0 aliphatic rings. The van der Waals surface area contributed by atoms with E-state index in [0.29, 0.717) is 5.89 Å². The number of methoxy groups -OCH3 is 1. The van der Waals surface area contributed by atoms with E-state index in [2.05, 4.69) is 20.9 Å². The lowest BCUT2D eigenvalue weighted by molar-refractivity contribution is 0.415. The predicted octanol–water partition coefficient (Wildman–Crippen LogP) is 4.40. The molecule has 0 aliphatic carbocycles. The number of hydrogen-bond acceptors (Lipinski definition) is 3. The van der Waals surface area contributed by atoms with Crippen molar-refractivity contribution in [3.63, 3.8) is 0 Å². The first-order chi connectivity index (χ1) is 9.30.